The zero-order valence-electron chi connectivity index (χ0n) is 6.69. The van der Waals surface area contributed by atoms with Crippen LogP contribution in [-0.4, -0.2) is 22.7 Å². The summed E-state index contributed by atoms with van der Waals surface area (Å²) in [5.74, 6) is 0. The Labute approximate surface area is 70.6 Å². The second-order valence-corrected chi connectivity index (χ2v) is 2.91. The summed E-state index contributed by atoms with van der Waals surface area (Å²) in [4.78, 5) is 8.34. The van der Waals surface area contributed by atoms with Crippen LogP contribution in [-0.2, 0) is 9.78 Å². The molecule has 4 heteroatoms. The van der Waals surface area contributed by atoms with Crippen molar-refractivity contribution in [3.05, 3.63) is 24.3 Å². The summed E-state index contributed by atoms with van der Waals surface area (Å²) in [6, 6.07) is 0. The maximum Gasteiger partial charge on any atom is 0.117 e. The summed E-state index contributed by atoms with van der Waals surface area (Å²) in [5.41, 5.74) is 1.40. The van der Waals surface area contributed by atoms with Crippen LogP contribution in [0, 0.1) is 0 Å². The van der Waals surface area contributed by atoms with Crippen LogP contribution in [0.2, 0.25) is 0 Å². The largest absolute Gasteiger partial charge is 0.251 e. The fourth-order valence-corrected chi connectivity index (χ4v) is 1.25. The lowest BCUT2D eigenvalue weighted by atomic mass is 9.88. The van der Waals surface area contributed by atoms with Gasteiger partial charge in [-0.15, -0.1) is 0 Å². The van der Waals surface area contributed by atoms with Gasteiger partial charge in [-0.25, -0.2) is 9.78 Å². The highest BCUT2D eigenvalue weighted by Crippen LogP contribution is 2.29. The molecule has 0 bridgehead atoms. The fourth-order valence-electron chi connectivity index (χ4n) is 1.25. The van der Waals surface area contributed by atoms with Gasteiger partial charge in [-0.3, -0.25) is 10.5 Å². The van der Waals surface area contributed by atoms with Gasteiger partial charge >= 0.3 is 0 Å². The lowest BCUT2D eigenvalue weighted by Crippen LogP contribution is -2.29. The molecule has 2 N–H and O–H groups in total. The van der Waals surface area contributed by atoms with Crippen LogP contribution in [0.25, 0.3) is 0 Å². The van der Waals surface area contributed by atoms with Gasteiger partial charge in [0.25, 0.3) is 0 Å². The first kappa shape index (κ1) is 9.41. The van der Waals surface area contributed by atoms with Crippen LogP contribution in [0.3, 0.4) is 0 Å². The molecule has 0 spiro atoms. The maximum absolute atomic E-state index is 8.43. The van der Waals surface area contributed by atoms with Crippen LogP contribution in [0.4, 0.5) is 0 Å². The van der Waals surface area contributed by atoms with Gasteiger partial charge in [-0.1, -0.05) is 13.2 Å². The number of hydrogen-bond donors (Lipinski definition) is 2. The molecule has 0 radical (unpaired) electrons. The normalized spacial score (nSPS) is 30.8. The third-order valence-electron chi connectivity index (χ3n) is 2.06. The highest BCUT2D eigenvalue weighted by molar-refractivity contribution is 5.21. The monoisotopic (exact) mass is 172 g/mol. The van der Waals surface area contributed by atoms with Gasteiger partial charge < -0.3 is 0 Å². The van der Waals surface area contributed by atoms with Crippen molar-refractivity contribution in [1.82, 2.24) is 0 Å². The molecule has 1 fully saturated rings. The Kier molecular flexibility index (Phi) is 2.99. The Hall–Kier alpha value is -0.680. The molecule has 0 heterocycles. The smallest absolute Gasteiger partial charge is 0.117 e. The molecular formula is C8H12O4. The molecule has 2 atom stereocenters. The minimum atomic E-state index is -0.413. The zero-order chi connectivity index (χ0) is 9.14. The van der Waals surface area contributed by atoms with Crippen LogP contribution in [0.5, 0.6) is 0 Å². The first-order valence-corrected chi connectivity index (χ1v) is 3.64. The Balaban J connectivity index is 2.61. The van der Waals surface area contributed by atoms with Crippen molar-refractivity contribution in [2.24, 2.45) is 0 Å². The van der Waals surface area contributed by atoms with Gasteiger partial charge in [0.15, 0.2) is 0 Å². The van der Waals surface area contributed by atoms with E-state index in [2.05, 4.69) is 22.9 Å². The molecule has 0 saturated heterocycles. The van der Waals surface area contributed by atoms with Crippen molar-refractivity contribution >= 4 is 0 Å². The van der Waals surface area contributed by atoms with E-state index in [1.165, 1.54) is 0 Å². The fraction of sp³-hybridized carbons (Fsp3) is 0.500. The predicted octanol–water partition coefficient (Wildman–Crippen LogP) is 1.61. The minimum Gasteiger partial charge on any atom is -0.251 e. The van der Waals surface area contributed by atoms with Crippen molar-refractivity contribution in [3.63, 3.8) is 0 Å². The molecule has 0 aromatic carbocycles. The Morgan fingerprint density at radius 3 is 1.58 bits per heavy atom. The SMILES string of the molecule is C=C1C[C@@H](OO)C(=C)C[C@@H]1OO. The molecule has 1 aliphatic rings. The molecule has 4 nitrogen and oxygen atoms in total. The van der Waals surface area contributed by atoms with E-state index in [1.807, 2.05) is 0 Å². The van der Waals surface area contributed by atoms with Crippen molar-refractivity contribution < 1.29 is 20.3 Å². The van der Waals surface area contributed by atoms with Crippen molar-refractivity contribution in [1.29, 1.82) is 0 Å². The van der Waals surface area contributed by atoms with E-state index in [4.69, 9.17) is 10.5 Å². The van der Waals surface area contributed by atoms with Crippen molar-refractivity contribution in [2.45, 2.75) is 25.0 Å². The molecule has 1 rings (SSSR count). The van der Waals surface area contributed by atoms with E-state index in [9.17, 15) is 0 Å². The first-order valence-electron chi connectivity index (χ1n) is 3.64. The van der Waals surface area contributed by atoms with E-state index < -0.39 is 12.2 Å². The average molecular weight is 172 g/mol. The summed E-state index contributed by atoms with van der Waals surface area (Å²) in [6.45, 7) is 7.36. The van der Waals surface area contributed by atoms with E-state index in [1.54, 1.807) is 0 Å². The van der Waals surface area contributed by atoms with Gasteiger partial charge in [0, 0.05) is 12.8 Å². The standard InChI is InChI=1S/C8H12O4/c1-5-3-8(12-10)6(2)4-7(5)11-9/h7-10H,1-4H2/t7-,8+. The molecule has 1 aliphatic carbocycles. The van der Waals surface area contributed by atoms with Gasteiger partial charge in [0.2, 0.25) is 0 Å². The molecular weight excluding hydrogens is 160 g/mol. The van der Waals surface area contributed by atoms with Crippen molar-refractivity contribution in [3.8, 4) is 0 Å². The van der Waals surface area contributed by atoms with Gasteiger partial charge in [0.1, 0.15) is 12.2 Å². The van der Waals surface area contributed by atoms with Crippen molar-refractivity contribution in [2.75, 3.05) is 0 Å². The molecule has 0 unspecified atom stereocenters. The van der Waals surface area contributed by atoms with E-state index >= 15 is 0 Å². The van der Waals surface area contributed by atoms with E-state index in [0.717, 1.165) is 0 Å². The van der Waals surface area contributed by atoms with Gasteiger partial charge in [-0.05, 0) is 11.1 Å². The Morgan fingerprint density at radius 1 is 1.00 bits per heavy atom. The molecule has 1 saturated carbocycles. The van der Waals surface area contributed by atoms with E-state index in [0.29, 0.717) is 24.0 Å². The molecule has 0 aliphatic heterocycles. The highest BCUT2D eigenvalue weighted by atomic mass is 17.1. The summed E-state index contributed by atoms with van der Waals surface area (Å²) in [5, 5.41) is 16.9. The Bertz CT molecular complexity index is 177. The lowest BCUT2D eigenvalue weighted by Gasteiger charge is -2.28. The molecule has 68 valence electrons. The quantitative estimate of drug-likeness (QED) is 0.377. The minimum absolute atomic E-state index is 0.413. The molecule has 0 aromatic rings. The van der Waals surface area contributed by atoms with Crippen LogP contribution in [0.1, 0.15) is 12.8 Å². The van der Waals surface area contributed by atoms with Gasteiger partial charge in [-0.2, -0.15) is 0 Å². The van der Waals surface area contributed by atoms with Crippen LogP contribution >= 0.6 is 0 Å². The summed E-state index contributed by atoms with van der Waals surface area (Å²) in [6.07, 6.45) is 0.0361. The number of hydrogen-bond acceptors (Lipinski definition) is 4. The predicted molar refractivity (Wildman–Crippen MR) is 42.5 cm³/mol. The molecule has 0 amide bonds. The highest BCUT2D eigenvalue weighted by Gasteiger charge is 2.28. The lowest BCUT2D eigenvalue weighted by molar-refractivity contribution is -0.288. The second-order valence-electron chi connectivity index (χ2n) is 2.91. The third kappa shape index (κ3) is 1.73. The third-order valence-corrected chi connectivity index (χ3v) is 2.06. The number of rotatable bonds is 2. The van der Waals surface area contributed by atoms with E-state index in [-0.39, 0.29) is 0 Å². The summed E-state index contributed by atoms with van der Waals surface area (Å²) >= 11 is 0. The molecule has 0 aromatic heterocycles. The Morgan fingerprint density at radius 2 is 1.33 bits per heavy atom. The summed E-state index contributed by atoms with van der Waals surface area (Å²) < 4.78 is 0. The zero-order valence-corrected chi connectivity index (χ0v) is 6.69. The van der Waals surface area contributed by atoms with Crippen LogP contribution in [0.15, 0.2) is 24.3 Å². The molecule has 12 heavy (non-hydrogen) atoms. The average Bonchev–Trinajstić information content (AvgIpc) is 2.08. The van der Waals surface area contributed by atoms with Crippen LogP contribution < -0.4 is 0 Å². The maximum atomic E-state index is 8.43. The van der Waals surface area contributed by atoms with Gasteiger partial charge in [0.05, 0.1) is 0 Å². The second kappa shape index (κ2) is 3.82. The summed E-state index contributed by atoms with van der Waals surface area (Å²) in [7, 11) is 0. The topological polar surface area (TPSA) is 58.9 Å². The first-order chi connectivity index (χ1) is 5.69.